The SMILES string of the molecule is CC1(C)OC=C(O)C(NC(=O)c2c(I)c(NC(=O)CCl)c(I)c(C(=O)NC3=COC(C)(C)OC=C3O)c2I)=CO1. The molecule has 0 aromatic heterocycles. The summed E-state index contributed by atoms with van der Waals surface area (Å²) in [7, 11) is 0. The number of hydrogen-bond donors (Lipinski definition) is 5. The van der Waals surface area contributed by atoms with Crippen LogP contribution in [0.5, 0.6) is 0 Å². The van der Waals surface area contributed by atoms with Gasteiger partial charge in [0.25, 0.3) is 11.8 Å². The molecule has 1 aromatic carbocycles. The molecule has 2 aliphatic heterocycles. The van der Waals surface area contributed by atoms with Crippen LogP contribution in [0.15, 0.2) is 48.0 Å². The van der Waals surface area contributed by atoms with Gasteiger partial charge in [-0.1, -0.05) is 0 Å². The Kier molecular flexibility index (Phi) is 10.4. The summed E-state index contributed by atoms with van der Waals surface area (Å²) in [5, 5.41) is 28.4. The number of hydrogen-bond acceptors (Lipinski definition) is 9. The third-order valence-electron chi connectivity index (χ3n) is 5.04. The van der Waals surface area contributed by atoms with Gasteiger partial charge in [0.1, 0.15) is 42.3 Å². The van der Waals surface area contributed by atoms with Crippen molar-refractivity contribution >= 4 is 103 Å². The number of ether oxygens (including phenoxy) is 4. The Morgan fingerprint density at radius 3 is 1.48 bits per heavy atom. The molecule has 0 fully saturated rings. The molecular weight excluding hydrogens is 890 g/mol. The van der Waals surface area contributed by atoms with E-state index in [0.29, 0.717) is 7.14 Å². The van der Waals surface area contributed by atoms with Gasteiger partial charge in [0, 0.05) is 31.3 Å². The molecule has 5 N–H and O–H groups in total. The van der Waals surface area contributed by atoms with Gasteiger partial charge in [-0.15, -0.1) is 11.6 Å². The van der Waals surface area contributed by atoms with E-state index >= 15 is 0 Å². The van der Waals surface area contributed by atoms with Gasteiger partial charge in [-0.3, -0.25) is 14.4 Å². The molecule has 0 spiro atoms. The van der Waals surface area contributed by atoms with E-state index in [1.54, 1.807) is 27.7 Å². The van der Waals surface area contributed by atoms with E-state index in [1.807, 2.05) is 67.8 Å². The fourth-order valence-electron chi connectivity index (χ4n) is 3.00. The van der Waals surface area contributed by atoms with E-state index in [-0.39, 0.29) is 37.7 Å². The van der Waals surface area contributed by atoms with Crippen molar-refractivity contribution in [1.29, 1.82) is 0 Å². The van der Waals surface area contributed by atoms with Crippen LogP contribution < -0.4 is 16.0 Å². The predicted molar refractivity (Wildman–Crippen MR) is 169 cm³/mol. The fourth-order valence-corrected chi connectivity index (χ4v) is 7.48. The molecule has 0 atom stereocenters. The number of aliphatic hydroxyl groups excluding tert-OH is 2. The molecule has 0 bridgehead atoms. The average molecular weight is 914 g/mol. The summed E-state index contributed by atoms with van der Waals surface area (Å²) in [4.78, 5) is 39.4. The lowest BCUT2D eigenvalue weighted by Crippen LogP contribution is -2.31. The number of benzene rings is 1. The number of carbonyl (C=O) groups is 3. The molecule has 12 nitrogen and oxygen atoms in total. The smallest absolute Gasteiger partial charge is 0.258 e. The normalized spacial score (nSPS) is 17.4. The Hall–Kier alpha value is -2.13. The third-order valence-corrected chi connectivity index (χ3v) is 8.51. The Labute approximate surface area is 274 Å². The highest BCUT2D eigenvalue weighted by molar-refractivity contribution is 14.1. The van der Waals surface area contributed by atoms with Crippen molar-refractivity contribution in [3.05, 3.63) is 69.8 Å². The number of amides is 3. The van der Waals surface area contributed by atoms with Crippen LogP contribution in [0, 0.1) is 10.7 Å². The van der Waals surface area contributed by atoms with Gasteiger partial charge in [-0.05, 0) is 67.8 Å². The average Bonchev–Trinajstić information content (AvgIpc) is 3.08. The number of nitrogens with one attached hydrogen (secondary N) is 3. The van der Waals surface area contributed by atoms with Crippen LogP contribution in [-0.2, 0) is 23.7 Å². The lowest BCUT2D eigenvalue weighted by molar-refractivity contribution is -0.142. The maximum atomic E-state index is 13.6. The number of anilines is 1. The van der Waals surface area contributed by atoms with E-state index < -0.39 is 40.8 Å². The molecule has 3 rings (SSSR count). The minimum Gasteiger partial charge on any atom is -0.503 e. The number of rotatable bonds is 6. The van der Waals surface area contributed by atoms with Crippen molar-refractivity contribution in [2.24, 2.45) is 0 Å². The zero-order chi connectivity index (χ0) is 30.0. The standard InChI is InChI=1S/C24H23ClI3N3O9/c1-23(2)37-6-10(12(32)8-39-23)29-21(35)15-17(26)16(19(28)20(18(15)27)31-14(34)5-25)22(36)30-11-7-38-24(3,4)40-9-13(11)33/h6-9,32-33H,5H2,1-4H3,(H,29,35)(H,30,36)(H,31,34). The van der Waals surface area contributed by atoms with E-state index in [4.69, 9.17) is 30.5 Å². The van der Waals surface area contributed by atoms with E-state index in [2.05, 4.69) is 16.0 Å². The molecule has 0 unspecified atom stereocenters. The highest BCUT2D eigenvalue weighted by atomic mass is 127. The van der Waals surface area contributed by atoms with Crippen LogP contribution in [0.1, 0.15) is 48.4 Å². The van der Waals surface area contributed by atoms with E-state index in [0.717, 1.165) is 25.0 Å². The lowest BCUT2D eigenvalue weighted by atomic mass is 10.1. The summed E-state index contributed by atoms with van der Waals surface area (Å²) in [6, 6.07) is 0. The van der Waals surface area contributed by atoms with Gasteiger partial charge in [0.2, 0.25) is 17.5 Å². The molecule has 1 aromatic rings. The van der Waals surface area contributed by atoms with Crippen molar-refractivity contribution in [1.82, 2.24) is 10.6 Å². The molecule has 2 heterocycles. The van der Waals surface area contributed by atoms with Crippen molar-refractivity contribution in [3.63, 3.8) is 0 Å². The second kappa shape index (κ2) is 12.8. The van der Waals surface area contributed by atoms with Gasteiger partial charge in [-0.25, -0.2) is 0 Å². The summed E-state index contributed by atoms with van der Waals surface area (Å²) in [6.45, 7) is 6.42. The van der Waals surface area contributed by atoms with Crippen molar-refractivity contribution in [3.8, 4) is 0 Å². The zero-order valence-electron chi connectivity index (χ0n) is 21.3. The molecule has 3 amide bonds. The predicted octanol–water partition coefficient (Wildman–Crippen LogP) is 5.18. The summed E-state index contributed by atoms with van der Waals surface area (Å²) in [5.74, 6) is -5.43. The number of carbonyl (C=O) groups excluding carboxylic acids is 3. The van der Waals surface area contributed by atoms with E-state index in [9.17, 15) is 24.6 Å². The number of halogens is 4. The first-order valence-electron chi connectivity index (χ1n) is 11.2. The molecule has 0 saturated heterocycles. The highest BCUT2D eigenvalue weighted by Crippen LogP contribution is 2.36. The molecule has 0 radical (unpaired) electrons. The Morgan fingerprint density at radius 1 is 0.725 bits per heavy atom. The van der Waals surface area contributed by atoms with Gasteiger partial charge >= 0.3 is 0 Å². The van der Waals surface area contributed by atoms with E-state index in [1.165, 1.54) is 0 Å². The Balaban J connectivity index is 2.09. The molecule has 16 heteroatoms. The number of aliphatic hydroxyl groups is 2. The monoisotopic (exact) mass is 913 g/mol. The minimum atomic E-state index is -1.10. The van der Waals surface area contributed by atoms with Crippen LogP contribution >= 0.6 is 79.4 Å². The molecule has 0 aliphatic carbocycles. The molecular formula is C24H23ClI3N3O9. The van der Waals surface area contributed by atoms with Crippen molar-refractivity contribution in [2.75, 3.05) is 11.2 Å². The highest BCUT2D eigenvalue weighted by Gasteiger charge is 2.31. The van der Waals surface area contributed by atoms with Gasteiger partial charge in [-0.2, -0.15) is 0 Å². The Morgan fingerprint density at radius 2 is 1.10 bits per heavy atom. The van der Waals surface area contributed by atoms with Gasteiger partial charge in [0.15, 0.2) is 11.5 Å². The second-order valence-corrected chi connectivity index (χ2v) is 12.5. The Bertz CT molecular complexity index is 1300. The lowest BCUT2D eigenvalue weighted by Gasteiger charge is -2.21. The fraction of sp³-hybridized carbons (Fsp3) is 0.292. The van der Waals surface area contributed by atoms with Crippen LogP contribution in [0.25, 0.3) is 0 Å². The molecule has 0 saturated carbocycles. The molecule has 40 heavy (non-hydrogen) atoms. The summed E-state index contributed by atoms with van der Waals surface area (Å²) in [6.07, 6.45) is 4.32. The molecule has 216 valence electrons. The van der Waals surface area contributed by atoms with Crippen LogP contribution in [0.2, 0.25) is 0 Å². The van der Waals surface area contributed by atoms with Gasteiger partial charge in [0.05, 0.1) is 24.0 Å². The third kappa shape index (κ3) is 7.58. The quantitative estimate of drug-likeness (QED) is 0.191. The van der Waals surface area contributed by atoms with Crippen molar-refractivity contribution in [2.45, 2.75) is 39.3 Å². The van der Waals surface area contributed by atoms with Crippen LogP contribution in [0.4, 0.5) is 5.69 Å². The maximum Gasteiger partial charge on any atom is 0.258 e. The first-order valence-corrected chi connectivity index (χ1v) is 14.9. The minimum absolute atomic E-state index is 0.00471. The topological polar surface area (TPSA) is 165 Å². The summed E-state index contributed by atoms with van der Waals surface area (Å²) >= 11 is 11.3. The maximum absolute atomic E-state index is 13.6. The zero-order valence-corrected chi connectivity index (χ0v) is 28.5. The summed E-state index contributed by atoms with van der Waals surface area (Å²) in [5.41, 5.74) is -0.0311. The van der Waals surface area contributed by atoms with Crippen LogP contribution in [-0.4, -0.2) is 45.4 Å². The summed E-state index contributed by atoms with van der Waals surface area (Å²) < 4.78 is 22.3. The first kappa shape index (κ1) is 32.4. The van der Waals surface area contributed by atoms with Gasteiger partial charge < -0.3 is 45.1 Å². The first-order chi connectivity index (χ1) is 18.6. The molecule has 2 aliphatic rings. The van der Waals surface area contributed by atoms with Crippen LogP contribution in [0.3, 0.4) is 0 Å². The largest absolute Gasteiger partial charge is 0.503 e. The second-order valence-electron chi connectivity index (χ2n) is 9.00. The van der Waals surface area contributed by atoms with Crippen molar-refractivity contribution < 1.29 is 43.5 Å². The number of alkyl halides is 1.